The van der Waals surface area contributed by atoms with E-state index in [0.717, 1.165) is 15.6 Å². The van der Waals surface area contributed by atoms with Crippen LogP contribution in [0, 0.1) is 25.5 Å². The molecule has 20 heavy (non-hydrogen) atoms. The summed E-state index contributed by atoms with van der Waals surface area (Å²) in [5, 5.41) is 3.06. The number of aryl methyl sites for hydroxylation is 2. The third kappa shape index (κ3) is 2.76. The maximum absolute atomic E-state index is 14.2. The predicted octanol–water partition coefficient (Wildman–Crippen LogP) is 4.65. The zero-order chi connectivity index (χ0) is 14.9. The molecule has 0 spiro atoms. The maximum Gasteiger partial charge on any atom is 0.164 e. The molecule has 0 heterocycles. The minimum atomic E-state index is -0.785. The molecule has 1 unspecified atom stereocenters. The van der Waals surface area contributed by atoms with Crippen LogP contribution in [0.15, 0.2) is 34.8 Å². The van der Waals surface area contributed by atoms with E-state index in [2.05, 4.69) is 21.2 Å². The molecule has 2 aromatic rings. The van der Waals surface area contributed by atoms with Crippen molar-refractivity contribution in [2.75, 3.05) is 7.05 Å². The number of hydrogen-bond acceptors (Lipinski definition) is 1. The van der Waals surface area contributed by atoms with Crippen molar-refractivity contribution in [3.05, 3.63) is 68.7 Å². The van der Waals surface area contributed by atoms with E-state index in [1.54, 1.807) is 26.1 Å². The van der Waals surface area contributed by atoms with Gasteiger partial charge in [-0.25, -0.2) is 8.78 Å². The fourth-order valence-electron chi connectivity index (χ4n) is 2.33. The van der Waals surface area contributed by atoms with Crippen LogP contribution >= 0.6 is 15.9 Å². The Balaban J connectivity index is 2.55. The van der Waals surface area contributed by atoms with Crippen molar-refractivity contribution >= 4 is 15.9 Å². The van der Waals surface area contributed by atoms with Crippen molar-refractivity contribution in [3.8, 4) is 0 Å². The number of benzene rings is 2. The number of hydrogen-bond donors (Lipinski definition) is 1. The van der Waals surface area contributed by atoms with E-state index in [4.69, 9.17) is 0 Å². The van der Waals surface area contributed by atoms with Crippen LogP contribution in [0.5, 0.6) is 0 Å². The Labute approximate surface area is 126 Å². The second-order valence-corrected chi connectivity index (χ2v) is 5.74. The quantitative estimate of drug-likeness (QED) is 0.857. The smallest absolute Gasteiger partial charge is 0.164 e. The lowest BCUT2D eigenvalue weighted by atomic mass is 9.94. The van der Waals surface area contributed by atoms with Gasteiger partial charge in [0, 0.05) is 10.0 Å². The lowest BCUT2D eigenvalue weighted by Gasteiger charge is -2.21. The first-order valence-corrected chi connectivity index (χ1v) is 7.12. The summed E-state index contributed by atoms with van der Waals surface area (Å²) < 4.78 is 28.9. The van der Waals surface area contributed by atoms with Crippen LogP contribution in [0.2, 0.25) is 0 Å². The van der Waals surface area contributed by atoms with Crippen molar-refractivity contribution in [1.82, 2.24) is 5.32 Å². The monoisotopic (exact) mass is 339 g/mol. The summed E-state index contributed by atoms with van der Waals surface area (Å²) in [5.74, 6) is -1.57. The lowest BCUT2D eigenvalue weighted by molar-refractivity contribution is 0.482. The van der Waals surface area contributed by atoms with Gasteiger partial charge in [0.15, 0.2) is 11.6 Å². The Hall–Kier alpha value is -1.26. The molecule has 0 radical (unpaired) electrons. The number of nitrogens with one attached hydrogen (secondary N) is 1. The van der Waals surface area contributed by atoms with E-state index in [-0.39, 0.29) is 6.04 Å². The highest BCUT2D eigenvalue weighted by atomic mass is 79.9. The second-order valence-electron chi connectivity index (χ2n) is 4.82. The SMILES string of the molecule is CNC(c1ccc(Br)cc1C)c1ccc(C)c(F)c1F. The molecular formula is C16H16BrF2N. The summed E-state index contributed by atoms with van der Waals surface area (Å²) >= 11 is 3.40. The average Bonchev–Trinajstić information content (AvgIpc) is 2.41. The lowest BCUT2D eigenvalue weighted by Crippen LogP contribution is -2.20. The van der Waals surface area contributed by atoms with Crippen LogP contribution in [-0.4, -0.2) is 7.05 Å². The van der Waals surface area contributed by atoms with E-state index in [0.29, 0.717) is 11.1 Å². The normalized spacial score (nSPS) is 12.5. The van der Waals surface area contributed by atoms with Crippen molar-refractivity contribution in [3.63, 3.8) is 0 Å². The van der Waals surface area contributed by atoms with Gasteiger partial charge in [0.05, 0.1) is 6.04 Å². The maximum atomic E-state index is 14.2. The molecule has 0 bridgehead atoms. The van der Waals surface area contributed by atoms with Gasteiger partial charge in [0.2, 0.25) is 0 Å². The number of rotatable bonds is 3. The first kappa shape index (κ1) is 15.1. The topological polar surface area (TPSA) is 12.0 Å². The highest BCUT2D eigenvalue weighted by Crippen LogP contribution is 2.30. The van der Waals surface area contributed by atoms with E-state index < -0.39 is 11.6 Å². The van der Waals surface area contributed by atoms with Crippen molar-refractivity contribution < 1.29 is 8.78 Å². The molecule has 1 atom stereocenters. The van der Waals surface area contributed by atoms with Crippen LogP contribution in [0.3, 0.4) is 0 Å². The van der Waals surface area contributed by atoms with Gasteiger partial charge in [-0.3, -0.25) is 0 Å². The summed E-state index contributed by atoms with van der Waals surface area (Å²) in [6, 6.07) is 8.63. The molecule has 106 valence electrons. The van der Waals surface area contributed by atoms with Gasteiger partial charge in [-0.05, 0) is 49.7 Å². The van der Waals surface area contributed by atoms with E-state index >= 15 is 0 Å². The van der Waals surface area contributed by atoms with Crippen molar-refractivity contribution in [2.24, 2.45) is 0 Å². The Morgan fingerprint density at radius 2 is 1.60 bits per heavy atom. The second kappa shape index (κ2) is 6.02. The Bertz CT molecular complexity index is 641. The van der Waals surface area contributed by atoms with Gasteiger partial charge in [-0.1, -0.05) is 34.1 Å². The largest absolute Gasteiger partial charge is 0.309 e. The van der Waals surface area contributed by atoms with Gasteiger partial charge >= 0.3 is 0 Å². The van der Waals surface area contributed by atoms with Gasteiger partial charge in [-0.2, -0.15) is 0 Å². The molecule has 1 nitrogen and oxygen atoms in total. The fraction of sp³-hybridized carbons (Fsp3) is 0.250. The molecule has 0 saturated heterocycles. The summed E-state index contributed by atoms with van der Waals surface area (Å²) in [6.07, 6.45) is 0. The molecule has 0 amide bonds. The van der Waals surface area contributed by atoms with Crippen LogP contribution in [0.1, 0.15) is 28.3 Å². The molecule has 0 aliphatic carbocycles. The molecule has 0 aliphatic rings. The predicted molar refractivity (Wildman–Crippen MR) is 80.9 cm³/mol. The zero-order valence-electron chi connectivity index (χ0n) is 11.6. The van der Waals surface area contributed by atoms with Crippen molar-refractivity contribution in [1.29, 1.82) is 0 Å². The molecule has 2 rings (SSSR count). The molecule has 2 aromatic carbocycles. The Morgan fingerprint density at radius 3 is 2.20 bits per heavy atom. The third-order valence-electron chi connectivity index (χ3n) is 3.45. The van der Waals surface area contributed by atoms with Crippen LogP contribution < -0.4 is 5.32 Å². The highest BCUT2D eigenvalue weighted by molar-refractivity contribution is 9.10. The number of halogens is 3. The summed E-state index contributed by atoms with van der Waals surface area (Å²) in [7, 11) is 1.74. The molecule has 0 aliphatic heterocycles. The van der Waals surface area contributed by atoms with Crippen LogP contribution in [0.25, 0.3) is 0 Å². The van der Waals surface area contributed by atoms with Gasteiger partial charge in [0.1, 0.15) is 0 Å². The molecule has 0 saturated carbocycles. The Kier molecular flexibility index (Phi) is 4.55. The average molecular weight is 340 g/mol. The van der Waals surface area contributed by atoms with Gasteiger partial charge < -0.3 is 5.32 Å². The standard InChI is InChI=1S/C16H16BrF2N/c1-9-4-6-13(15(19)14(9)18)16(20-3)12-7-5-11(17)8-10(12)2/h4-8,16,20H,1-3H3. The minimum Gasteiger partial charge on any atom is -0.309 e. The molecule has 4 heteroatoms. The highest BCUT2D eigenvalue weighted by Gasteiger charge is 2.21. The first-order valence-electron chi connectivity index (χ1n) is 6.33. The van der Waals surface area contributed by atoms with E-state index in [9.17, 15) is 8.78 Å². The van der Waals surface area contributed by atoms with E-state index in [1.165, 1.54) is 0 Å². The molecule has 1 N–H and O–H groups in total. The van der Waals surface area contributed by atoms with Gasteiger partial charge in [0.25, 0.3) is 0 Å². The zero-order valence-corrected chi connectivity index (χ0v) is 13.2. The minimum absolute atomic E-state index is 0.314. The van der Waals surface area contributed by atoms with Crippen LogP contribution in [-0.2, 0) is 0 Å². The third-order valence-corrected chi connectivity index (χ3v) is 3.94. The molecule has 0 aromatic heterocycles. The summed E-state index contributed by atoms with van der Waals surface area (Å²) in [4.78, 5) is 0. The van der Waals surface area contributed by atoms with Crippen molar-refractivity contribution in [2.45, 2.75) is 19.9 Å². The summed E-state index contributed by atoms with van der Waals surface area (Å²) in [6.45, 7) is 3.51. The first-order chi connectivity index (χ1) is 9.45. The molecular weight excluding hydrogens is 324 g/mol. The summed E-state index contributed by atoms with van der Waals surface area (Å²) in [5.41, 5.74) is 2.58. The Morgan fingerprint density at radius 1 is 0.950 bits per heavy atom. The van der Waals surface area contributed by atoms with Crippen LogP contribution in [0.4, 0.5) is 8.78 Å². The molecule has 0 fully saturated rings. The fourth-order valence-corrected chi connectivity index (χ4v) is 2.80. The van der Waals surface area contributed by atoms with E-state index in [1.807, 2.05) is 25.1 Å². The van der Waals surface area contributed by atoms with Gasteiger partial charge in [-0.15, -0.1) is 0 Å².